The van der Waals surface area contributed by atoms with E-state index in [4.69, 9.17) is 0 Å². The molecule has 0 aliphatic carbocycles. The van der Waals surface area contributed by atoms with E-state index in [9.17, 15) is 9.18 Å². The summed E-state index contributed by atoms with van der Waals surface area (Å²) in [6, 6.07) is 1.40. The van der Waals surface area contributed by atoms with Gasteiger partial charge in [0.2, 0.25) is 0 Å². The second-order valence-electron chi connectivity index (χ2n) is 2.96. The lowest BCUT2D eigenvalue weighted by molar-refractivity contribution is 0.0768. The zero-order chi connectivity index (χ0) is 11.4. The summed E-state index contributed by atoms with van der Waals surface area (Å²) < 4.78 is 13.8. The molecule has 82 valence electrons. The number of hydrogen-bond acceptors (Lipinski definition) is 2. The van der Waals surface area contributed by atoms with E-state index in [1.54, 1.807) is 4.90 Å². The Balaban J connectivity index is 3.04. The summed E-state index contributed by atoms with van der Waals surface area (Å²) in [6.45, 7) is 4.84. The maximum absolute atomic E-state index is 13.3. The molecule has 5 heteroatoms. The van der Waals surface area contributed by atoms with E-state index in [1.807, 2.05) is 13.8 Å². The van der Waals surface area contributed by atoms with Gasteiger partial charge >= 0.3 is 0 Å². The van der Waals surface area contributed by atoms with Crippen molar-refractivity contribution < 1.29 is 9.18 Å². The minimum absolute atomic E-state index is 0.0561. The largest absolute Gasteiger partial charge is 0.339 e. The van der Waals surface area contributed by atoms with Crippen molar-refractivity contribution in [2.24, 2.45) is 0 Å². The average Bonchev–Trinajstić information content (AvgIpc) is 2.23. The standard InChI is InChI=1S/C10H12BrFN2O/c1-3-14(4-2)10(15)7-5-9(11)13-6-8(7)12/h5-6H,3-4H2,1-2H3. The van der Waals surface area contributed by atoms with E-state index >= 15 is 0 Å². The number of amides is 1. The number of carbonyl (C=O) groups excluding carboxylic acids is 1. The molecule has 0 radical (unpaired) electrons. The van der Waals surface area contributed by atoms with Gasteiger partial charge in [-0.1, -0.05) is 0 Å². The molecule has 0 aromatic carbocycles. The molecular weight excluding hydrogens is 263 g/mol. The Morgan fingerprint density at radius 2 is 2.13 bits per heavy atom. The second-order valence-corrected chi connectivity index (χ2v) is 3.78. The van der Waals surface area contributed by atoms with Crippen molar-refractivity contribution in [2.75, 3.05) is 13.1 Å². The van der Waals surface area contributed by atoms with E-state index in [1.165, 1.54) is 6.07 Å². The highest BCUT2D eigenvalue weighted by atomic mass is 79.9. The Hall–Kier alpha value is -0.970. The molecule has 0 N–H and O–H groups in total. The van der Waals surface area contributed by atoms with Gasteiger partial charge in [0.15, 0.2) is 5.82 Å². The lowest BCUT2D eigenvalue weighted by atomic mass is 10.2. The number of aromatic nitrogens is 1. The summed E-state index contributed by atoms with van der Waals surface area (Å²) >= 11 is 3.11. The first-order valence-corrected chi connectivity index (χ1v) is 5.49. The Morgan fingerprint density at radius 1 is 1.53 bits per heavy atom. The number of rotatable bonds is 3. The third-order valence-corrected chi connectivity index (χ3v) is 2.54. The van der Waals surface area contributed by atoms with Gasteiger partial charge in [-0.05, 0) is 35.8 Å². The molecule has 0 saturated heterocycles. The first kappa shape index (κ1) is 12.1. The third-order valence-electron chi connectivity index (χ3n) is 2.10. The molecule has 15 heavy (non-hydrogen) atoms. The first-order valence-electron chi connectivity index (χ1n) is 4.70. The smallest absolute Gasteiger partial charge is 0.256 e. The molecule has 0 unspecified atom stereocenters. The maximum Gasteiger partial charge on any atom is 0.256 e. The Kier molecular flexibility index (Phi) is 4.20. The molecule has 1 rings (SSSR count). The molecular formula is C10H12BrFN2O. The van der Waals surface area contributed by atoms with Crippen molar-refractivity contribution >= 4 is 21.8 Å². The monoisotopic (exact) mass is 274 g/mol. The van der Waals surface area contributed by atoms with E-state index in [2.05, 4.69) is 20.9 Å². The maximum atomic E-state index is 13.3. The van der Waals surface area contributed by atoms with Crippen LogP contribution in [0.1, 0.15) is 24.2 Å². The summed E-state index contributed by atoms with van der Waals surface area (Å²) in [5, 5.41) is 0. The van der Waals surface area contributed by atoms with Gasteiger partial charge in [0.1, 0.15) is 4.60 Å². The van der Waals surface area contributed by atoms with Crippen LogP contribution in [0.15, 0.2) is 16.9 Å². The van der Waals surface area contributed by atoms with Gasteiger partial charge in [-0.25, -0.2) is 9.37 Å². The molecule has 0 spiro atoms. The fraction of sp³-hybridized carbons (Fsp3) is 0.400. The third kappa shape index (κ3) is 2.75. The summed E-state index contributed by atoms with van der Waals surface area (Å²) in [6.07, 6.45) is 1.04. The van der Waals surface area contributed by atoms with Crippen LogP contribution in [-0.2, 0) is 0 Å². The Labute approximate surface area is 96.4 Å². The molecule has 1 aromatic rings. The summed E-state index contributed by atoms with van der Waals surface area (Å²) in [5.74, 6) is -0.893. The SMILES string of the molecule is CCN(CC)C(=O)c1cc(Br)ncc1F. The van der Waals surface area contributed by atoms with Crippen LogP contribution in [-0.4, -0.2) is 28.9 Å². The highest BCUT2D eigenvalue weighted by Crippen LogP contribution is 2.14. The Bertz CT molecular complexity index is 366. The zero-order valence-corrected chi connectivity index (χ0v) is 10.2. The average molecular weight is 275 g/mol. The predicted molar refractivity (Wildman–Crippen MR) is 59.1 cm³/mol. The number of hydrogen-bond donors (Lipinski definition) is 0. The molecule has 0 aliphatic rings. The van der Waals surface area contributed by atoms with Crippen LogP contribution in [0.4, 0.5) is 4.39 Å². The van der Waals surface area contributed by atoms with Crippen LogP contribution >= 0.6 is 15.9 Å². The van der Waals surface area contributed by atoms with Crippen molar-refractivity contribution in [1.29, 1.82) is 0 Å². The van der Waals surface area contributed by atoms with Gasteiger partial charge in [0.05, 0.1) is 11.8 Å². The number of pyridine rings is 1. The highest BCUT2D eigenvalue weighted by Gasteiger charge is 2.17. The predicted octanol–water partition coefficient (Wildman–Crippen LogP) is 2.47. The van der Waals surface area contributed by atoms with Gasteiger partial charge in [-0.15, -0.1) is 0 Å². The van der Waals surface area contributed by atoms with Gasteiger partial charge in [-0.2, -0.15) is 0 Å². The van der Waals surface area contributed by atoms with Crippen LogP contribution in [0, 0.1) is 5.82 Å². The van der Waals surface area contributed by atoms with Crippen molar-refractivity contribution in [3.05, 3.63) is 28.2 Å². The van der Waals surface area contributed by atoms with E-state index in [-0.39, 0.29) is 11.5 Å². The van der Waals surface area contributed by atoms with Crippen molar-refractivity contribution in [1.82, 2.24) is 9.88 Å². The lowest BCUT2D eigenvalue weighted by Crippen LogP contribution is -2.31. The summed E-state index contributed by atoms with van der Waals surface area (Å²) in [7, 11) is 0. The zero-order valence-electron chi connectivity index (χ0n) is 8.63. The van der Waals surface area contributed by atoms with E-state index < -0.39 is 5.82 Å². The minimum Gasteiger partial charge on any atom is -0.339 e. The fourth-order valence-corrected chi connectivity index (χ4v) is 1.59. The van der Waals surface area contributed by atoms with Gasteiger partial charge in [0.25, 0.3) is 5.91 Å². The van der Waals surface area contributed by atoms with Crippen LogP contribution in [0.5, 0.6) is 0 Å². The fourth-order valence-electron chi connectivity index (χ4n) is 1.26. The molecule has 1 heterocycles. The molecule has 3 nitrogen and oxygen atoms in total. The molecule has 1 aromatic heterocycles. The van der Waals surface area contributed by atoms with Crippen LogP contribution in [0.2, 0.25) is 0 Å². The first-order chi connectivity index (χ1) is 7.10. The van der Waals surface area contributed by atoms with Crippen molar-refractivity contribution in [2.45, 2.75) is 13.8 Å². The van der Waals surface area contributed by atoms with Crippen LogP contribution < -0.4 is 0 Å². The van der Waals surface area contributed by atoms with Crippen LogP contribution in [0.3, 0.4) is 0 Å². The summed E-state index contributed by atoms with van der Waals surface area (Å²) in [4.78, 5) is 17.1. The van der Waals surface area contributed by atoms with Crippen molar-refractivity contribution in [3.63, 3.8) is 0 Å². The highest BCUT2D eigenvalue weighted by molar-refractivity contribution is 9.10. The van der Waals surface area contributed by atoms with E-state index in [0.717, 1.165) is 6.20 Å². The quantitative estimate of drug-likeness (QED) is 0.794. The minimum atomic E-state index is -0.588. The molecule has 0 atom stereocenters. The van der Waals surface area contributed by atoms with Gasteiger partial charge in [-0.3, -0.25) is 4.79 Å². The topological polar surface area (TPSA) is 33.2 Å². The molecule has 1 amide bonds. The van der Waals surface area contributed by atoms with Gasteiger partial charge < -0.3 is 4.90 Å². The number of nitrogens with zero attached hydrogens (tertiary/aromatic N) is 2. The lowest BCUT2D eigenvalue weighted by Gasteiger charge is -2.18. The second kappa shape index (κ2) is 5.21. The normalized spacial score (nSPS) is 10.1. The molecule has 0 aliphatic heterocycles. The molecule has 0 bridgehead atoms. The van der Waals surface area contributed by atoms with Gasteiger partial charge in [0, 0.05) is 13.1 Å². The Morgan fingerprint density at radius 3 is 2.67 bits per heavy atom. The molecule has 0 saturated carbocycles. The number of carbonyl (C=O) groups is 1. The van der Waals surface area contributed by atoms with Crippen LogP contribution in [0.25, 0.3) is 0 Å². The van der Waals surface area contributed by atoms with E-state index in [0.29, 0.717) is 17.7 Å². The molecule has 0 fully saturated rings. The number of halogens is 2. The van der Waals surface area contributed by atoms with Crippen molar-refractivity contribution in [3.8, 4) is 0 Å². The summed E-state index contributed by atoms with van der Waals surface area (Å²) in [5.41, 5.74) is 0.0561.